The lowest BCUT2D eigenvalue weighted by molar-refractivity contribution is 0.0721. The van der Waals surface area contributed by atoms with Gasteiger partial charge in [-0.2, -0.15) is 0 Å². The van der Waals surface area contributed by atoms with E-state index in [1.54, 1.807) is 0 Å². The van der Waals surface area contributed by atoms with E-state index in [4.69, 9.17) is 0 Å². The maximum absolute atomic E-state index is 13.6. The average molecular weight is 427 g/mol. The zero-order chi connectivity index (χ0) is 21.7. The molecule has 3 atom stereocenters. The van der Waals surface area contributed by atoms with Crippen molar-refractivity contribution in [1.82, 2.24) is 14.8 Å². The van der Waals surface area contributed by atoms with Crippen molar-refractivity contribution in [3.8, 4) is 5.75 Å². The number of aromatic hydroxyl groups is 1. The van der Waals surface area contributed by atoms with Crippen molar-refractivity contribution in [3.63, 3.8) is 0 Å². The lowest BCUT2D eigenvalue weighted by atomic mass is 9.95. The van der Waals surface area contributed by atoms with Crippen LogP contribution in [-0.4, -0.2) is 32.9 Å². The van der Waals surface area contributed by atoms with Crippen molar-refractivity contribution in [2.24, 2.45) is 11.8 Å². The van der Waals surface area contributed by atoms with Crippen molar-refractivity contribution < 1.29 is 23.5 Å². The zero-order valence-corrected chi connectivity index (χ0v) is 16.5. The van der Waals surface area contributed by atoms with Gasteiger partial charge in [0.15, 0.2) is 17.4 Å². The molecule has 31 heavy (non-hydrogen) atoms. The minimum Gasteiger partial charge on any atom is -0.502 e. The molecule has 1 spiro atoms. The van der Waals surface area contributed by atoms with Gasteiger partial charge < -0.3 is 15.3 Å². The van der Waals surface area contributed by atoms with Gasteiger partial charge in [0.05, 0.1) is 5.56 Å². The van der Waals surface area contributed by atoms with Gasteiger partial charge in [-0.05, 0) is 49.3 Å². The number of carbonyl (C=O) groups is 2. The number of rotatable bonds is 2. The van der Waals surface area contributed by atoms with Crippen molar-refractivity contribution >= 4 is 11.8 Å². The molecule has 0 saturated heterocycles. The minimum atomic E-state index is -1.02. The molecule has 6 rings (SSSR count). The second kappa shape index (κ2) is 5.93. The molecule has 1 unspecified atom stereocenters. The fourth-order valence-electron chi connectivity index (χ4n) is 5.81. The number of aromatic nitrogens is 1. The largest absolute Gasteiger partial charge is 0.502 e. The van der Waals surface area contributed by atoms with Crippen LogP contribution in [0.5, 0.6) is 5.75 Å². The highest BCUT2D eigenvalue weighted by molar-refractivity contribution is 6.05. The molecule has 2 aliphatic carbocycles. The van der Waals surface area contributed by atoms with Crippen molar-refractivity contribution in [3.05, 3.63) is 62.6 Å². The Morgan fingerprint density at radius 1 is 1.19 bits per heavy atom. The SMILES string of the molecule is O=C1NC2(CC[C@@H]3C[C@@H]32)n2c1c1c(c(O)c2=O)C(=O)N(Cc2ccc(F)c(F)c2)CC1. The van der Waals surface area contributed by atoms with Gasteiger partial charge in [0.25, 0.3) is 17.4 Å². The summed E-state index contributed by atoms with van der Waals surface area (Å²) in [6, 6.07) is 3.38. The van der Waals surface area contributed by atoms with Crippen LogP contribution in [0.4, 0.5) is 8.78 Å². The number of nitrogens with zero attached hydrogens (tertiary/aromatic N) is 2. The van der Waals surface area contributed by atoms with Crippen LogP contribution >= 0.6 is 0 Å². The maximum Gasteiger partial charge on any atom is 0.296 e. The van der Waals surface area contributed by atoms with Crippen LogP contribution in [0, 0.1) is 23.5 Å². The second-order valence-electron chi connectivity index (χ2n) is 8.94. The molecular weight excluding hydrogens is 408 g/mol. The van der Waals surface area contributed by atoms with Gasteiger partial charge >= 0.3 is 0 Å². The number of hydrogen-bond donors (Lipinski definition) is 2. The van der Waals surface area contributed by atoms with Gasteiger partial charge in [-0.1, -0.05) is 6.07 Å². The number of pyridine rings is 1. The molecule has 2 saturated carbocycles. The second-order valence-corrected chi connectivity index (χ2v) is 8.94. The third-order valence-corrected chi connectivity index (χ3v) is 7.32. The summed E-state index contributed by atoms with van der Waals surface area (Å²) in [5, 5.41) is 13.7. The molecule has 160 valence electrons. The summed E-state index contributed by atoms with van der Waals surface area (Å²) in [6.07, 6.45) is 2.75. The van der Waals surface area contributed by atoms with E-state index in [9.17, 15) is 28.3 Å². The molecule has 2 fully saturated rings. The molecule has 2 amide bonds. The quantitative estimate of drug-likeness (QED) is 0.766. The molecule has 1 aromatic carbocycles. The topological polar surface area (TPSA) is 91.6 Å². The Kier molecular flexibility index (Phi) is 3.54. The molecule has 2 aliphatic heterocycles. The first-order valence-electron chi connectivity index (χ1n) is 10.4. The molecule has 3 heterocycles. The third-order valence-electron chi connectivity index (χ3n) is 7.32. The summed E-state index contributed by atoms with van der Waals surface area (Å²) >= 11 is 0. The molecule has 2 aromatic rings. The first-order valence-corrected chi connectivity index (χ1v) is 10.4. The van der Waals surface area contributed by atoms with Crippen LogP contribution in [0.15, 0.2) is 23.0 Å². The Bertz CT molecular complexity index is 1260. The summed E-state index contributed by atoms with van der Waals surface area (Å²) in [4.78, 5) is 40.6. The van der Waals surface area contributed by atoms with E-state index in [1.807, 2.05) is 0 Å². The van der Waals surface area contributed by atoms with Gasteiger partial charge in [-0.3, -0.25) is 19.0 Å². The lowest BCUT2D eigenvalue weighted by Gasteiger charge is -2.32. The molecule has 7 nitrogen and oxygen atoms in total. The van der Waals surface area contributed by atoms with Crippen LogP contribution in [-0.2, 0) is 18.6 Å². The standard InChI is InChI=1S/C22H19F2N3O4/c23-14-2-1-10(7-15(14)24)9-26-6-4-12-16(20(26)30)18(28)21(31)27-17(12)19(29)25-22(27)5-3-11-8-13(11)22/h1-2,7,11,13,28H,3-6,8-9H2,(H,25,29)/t11-,13+,22?/m1/s1. The summed E-state index contributed by atoms with van der Waals surface area (Å²) in [6.45, 7) is 0.217. The molecule has 9 heteroatoms. The number of hydrogen-bond acceptors (Lipinski definition) is 4. The fraction of sp³-hybridized carbons (Fsp3) is 0.409. The first-order chi connectivity index (χ1) is 14.8. The van der Waals surface area contributed by atoms with E-state index in [1.165, 1.54) is 15.5 Å². The highest BCUT2D eigenvalue weighted by Gasteiger charge is 2.63. The molecular formula is C22H19F2N3O4. The number of amides is 2. The monoisotopic (exact) mass is 427 g/mol. The highest BCUT2D eigenvalue weighted by Crippen LogP contribution is 2.61. The molecule has 1 aromatic heterocycles. The summed E-state index contributed by atoms with van der Waals surface area (Å²) in [5.41, 5.74) is -0.763. The van der Waals surface area contributed by atoms with E-state index >= 15 is 0 Å². The summed E-state index contributed by atoms with van der Waals surface area (Å²) < 4.78 is 28.2. The Morgan fingerprint density at radius 3 is 2.68 bits per heavy atom. The maximum atomic E-state index is 13.6. The van der Waals surface area contributed by atoms with Crippen LogP contribution in [0.2, 0.25) is 0 Å². The number of carbonyl (C=O) groups excluding carboxylic acids is 2. The van der Waals surface area contributed by atoms with E-state index < -0.39 is 34.5 Å². The van der Waals surface area contributed by atoms with E-state index in [0.717, 1.165) is 25.0 Å². The van der Waals surface area contributed by atoms with E-state index in [2.05, 4.69) is 5.32 Å². The normalized spacial score (nSPS) is 27.9. The Balaban J connectivity index is 1.43. The minimum absolute atomic E-state index is 0.00673. The zero-order valence-electron chi connectivity index (χ0n) is 16.5. The molecule has 2 N–H and O–H groups in total. The van der Waals surface area contributed by atoms with Crippen molar-refractivity contribution in [2.45, 2.75) is 37.9 Å². The number of fused-ring (bicyclic) bond motifs is 6. The fourth-order valence-corrected chi connectivity index (χ4v) is 5.81. The summed E-state index contributed by atoms with van der Waals surface area (Å²) in [5.74, 6) is -2.99. The first kappa shape index (κ1) is 18.5. The number of benzene rings is 1. The Morgan fingerprint density at radius 2 is 2.00 bits per heavy atom. The highest BCUT2D eigenvalue weighted by atomic mass is 19.2. The summed E-state index contributed by atoms with van der Waals surface area (Å²) in [7, 11) is 0. The van der Waals surface area contributed by atoms with Crippen LogP contribution in [0.1, 0.15) is 51.2 Å². The lowest BCUT2D eigenvalue weighted by Crippen LogP contribution is -2.48. The third kappa shape index (κ3) is 2.34. The van der Waals surface area contributed by atoms with Crippen molar-refractivity contribution in [2.75, 3.05) is 6.54 Å². The number of halogens is 2. The van der Waals surface area contributed by atoms with Crippen LogP contribution < -0.4 is 10.9 Å². The Hall–Kier alpha value is -3.23. The van der Waals surface area contributed by atoms with Gasteiger partial charge in [-0.15, -0.1) is 0 Å². The Labute approximate surface area is 175 Å². The van der Waals surface area contributed by atoms with Crippen molar-refractivity contribution in [1.29, 1.82) is 0 Å². The molecule has 0 bridgehead atoms. The smallest absolute Gasteiger partial charge is 0.296 e. The van der Waals surface area contributed by atoms with E-state index in [0.29, 0.717) is 23.5 Å². The molecule has 0 radical (unpaired) electrons. The molecule has 4 aliphatic rings. The van der Waals surface area contributed by atoms with Crippen LogP contribution in [0.25, 0.3) is 0 Å². The predicted molar refractivity (Wildman–Crippen MR) is 103 cm³/mol. The van der Waals surface area contributed by atoms with Gasteiger partial charge in [0, 0.05) is 24.6 Å². The number of nitrogens with one attached hydrogen (secondary N) is 1. The average Bonchev–Trinajstić information content (AvgIpc) is 3.37. The van der Waals surface area contributed by atoms with Gasteiger partial charge in [-0.25, -0.2) is 8.78 Å². The predicted octanol–water partition coefficient (Wildman–Crippen LogP) is 1.86. The van der Waals surface area contributed by atoms with Gasteiger partial charge in [0.1, 0.15) is 11.4 Å². The van der Waals surface area contributed by atoms with E-state index in [-0.39, 0.29) is 42.6 Å². The van der Waals surface area contributed by atoms with Crippen LogP contribution in [0.3, 0.4) is 0 Å². The van der Waals surface area contributed by atoms with Gasteiger partial charge in [0.2, 0.25) is 0 Å².